The summed E-state index contributed by atoms with van der Waals surface area (Å²) in [6.45, 7) is 5.27. The summed E-state index contributed by atoms with van der Waals surface area (Å²) >= 11 is 3.40. The summed E-state index contributed by atoms with van der Waals surface area (Å²) in [7, 11) is 1.47. The number of rotatable bonds is 7. The van der Waals surface area contributed by atoms with E-state index in [-0.39, 0.29) is 24.5 Å². The van der Waals surface area contributed by atoms with Crippen LogP contribution in [0, 0.1) is 37.9 Å². The fourth-order valence-corrected chi connectivity index (χ4v) is 4.23. The van der Waals surface area contributed by atoms with E-state index in [9.17, 15) is 19.2 Å². The van der Waals surface area contributed by atoms with Gasteiger partial charge in [-0.25, -0.2) is 9.82 Å². The number of carbonyl (C=O) groups is 1. The van der Waals surface area contributed by atoms with Gasteiger partial charge in [-0.1, -0.05) is 0 Å². The Kier molecular flexibility index (Phi) is 7.81. The zero-order valence-corrected chi connectivity index (χ0v) is 20.7. The maximum absolute atomic E-state index is 13.3. The van der Waals surface area contributed by atoms with Crippen molar-refractivity contribution in [3.63, 3.8) is 0 Å². The molecule has 1 aromatic carbocycles. The Bertz CT molecular complexity index is 1370. The van der Waals surface area contributed by atoms with Gasteiger partial charge < -0.3 is 13.9 Å². The van der Waals surface area contributed by atoms with Gasteiger partial charge in [0.05, 0.1) is 12.8 Å². The lowest BCUT2D eigenvalue weighted by Gasteiger charge is -2.15. The Hall–Kier alpha value is -3.55. The van der Waals surface area contributed by atoms with Crippen molar-refractivity contribution in [2.75, 3.05) is 7.11 Å². The highest BCUT2D eigenvalue weighted by Crippen LogP contribution is 2.23. The quantitative estimate of drug-likeness (QED) is 0.374. The largest absolute Gasteiger partial charge is 0.380 e. The third-order valence-corrected chi connectivity index (χ3v) is 6.45. The van der Waals surface area contributed by atoms with Gasteiger partial charge in [0.1, 0.15) is 24.0 Å². The van der Waals surface area contributed by atoms with Crippen LogP contribution in [0.15, 0.2) is 44.7 Å². The first-order valence-electron chi connectivity index (χ1n) is 10.3. The third kappa shape index (κ3) is 5.00. The number of nitrogens with one attached hydrogen (secondary N) is 1. The first kappa shape index (κ1) is 25.1. The van der Waals surface area contributed by atoms with E-state index in [1.807, 2.05) is 30.6 Å². The highest BCUT2D eigenvalue weighted by atomic mass is 79.9. The molecular weight excluding hydrogens is 505 g/mol. The maximum atomic E-state index is 13.3. The monoisotopic (exact) mass is 527 g/mol. The van der Waals surface area contributed by atoms with Crippen LogP contribution in [0.2, 0.25) is 0 Å². The lowest BCUT2D eigenvalue weighted by atomic mass is 10.1. The van der Waals surface area contributed by atoms with Gasteiger partial charge in [-0.3, -0.25) is 9.59 Å². The van der Waals surface area contributed by atoms with Gasteiger partial charge in [-0.15, -0.1) is 0 Å². The fraction of sp³-hybridized carbons (Fsp3) is 0.250. The van der Waals surface area contributed by atoms with E-state index in [0.29, 0.717) is 15.7 Å². The van der Waals surface area contributed by atoms with Crippen molar-refractivity contribution in [1.29, 1.82) is 5.26 Å². The number of nitriles is 1. The number of nitrogens with zero attached hydrogens (tertiary/aromatic N) is 4. The fourth-order valence-electron chi connectivity index (χ4n) is 3.71. The lowest BCUT2D eigenvalue weighted by Crippen LogP contribution is -2.33. The first-order valence-corrected chi connectivity index (χ1v) is 11.1. The van der Waals surface area contributed by atoms with Crippen molar-refractivity contribution in [3.8, 4) is 11.8 Å². The van der Waals surface area contributed by atoms with Gasteiger partial charge in [0.25, 0.3) is 11.5 Å². The molecule has 1 N–H and O–H groups in total. The molecule has 0 radical (unpaired) electrons. The Labute approximate surface area is 204 Å². The van der Waals surface area contributed by atoms with Crippen LogP contribution in [0.1, 0.15) is 33.8 Å². The maximum Gasteiger partial charge on any atom is 0.269 e. The minimum absolute atomic E-state index is 0.0798. The van der Waals surface area contributed by atoms with Gasteiger partial charge in [0.15, 0.2) is 0 Å². The number of hydrazone groups is 1. The smallest absolute Gasteiger partial charge is 0.269 e. The highest BCUT2D eigenvalue weighted by Gasteiger charge is 2.19. The number of pyridine rings is 1. The number of aromatic nitrogens is 2. The molecule has 0 unspecified atom stereocenters. The SMILES string of the molecule is COCc1c(Br)c(C)n(CC(=O)N/N=C\c2cc(C)n(-c3ccc(F)cc3)c2C)c(=O)c1C#N. The predicted molar refractivity (Wildman–Crippen MR) is 130 cm³/mol. The molecular formula is C24H23BrFN5O3. The second-order valence-corrected chi connectivity index (χ2v) is 8.41. The second-order valence-electron chi connectivity index (χ2n) is 7.62. The molecule has 0 saturated carbocycles. The zero-order chi connectivity index (χ0) is 25.0. The Morgan fingerprint density at radius 1 is 1.26 bits per heavy atom. The molecule has 0 spiro atoms. The second kappa shape index (κ2) is 10.6. The summed E-state index contributed by atoms with van der Waals surface area (Å²) < 4.78 is 22.0. The van der Waals surface area contributed by atoms with Gasteiger partial charge in [-0.2, -0.15) is 10.4 Å². The minimum Gasteiger partial charge on any atom is -0.380 e. The molecule has 0 saturated heterocycles. The van der Waals surface area contributed by atoms with E-state index in [1.165, 1.54) is 30.0 Å². The van der Waals surface area contributed by atoms with Crippen LogP contribution >= 0.6 is 15.9 Å². The number of aryl methyl sites for hydroxylation is 1. The summed E-state index contributed by atoms with van der Waals surface area (Å²) in [6.07, 6.45) is 1.51. The van der Waals surface area contributed by atoms with E-state index >= 15 is 0 Å². The van der Waals surface area contributed by atoms with Crippen molar-refractivity contribution in [3.05, 3.63) is 84.7 Å². The molecule has 0 aliphatic carbocycles. The molecule has 0 aliphatic heterocycles. The average molecular weight is 528 g/mol. The number of methoxy groups -OCH3 is 1. The normalized spacial score (nSPS) is 11.1. The van der Waals surface area contributed by atoms with Crippen molar-refractivity contribution >= 4 is 28.1 Å². The lowest BCUT2D eigenvalue weighted by molar-refractivity contribution is -0.121. The molecule has 3 rings (SSSR count). The van der Waals surface area contributed by atoms with Gasteiger partial charge in [-0.05, 0) is 67.0 Å². The number of amides is 1. The van der Waals surface area contributed by atoms with Crippen LogP contribution in [0.5, 0.6) is 0 Å². The third-order valence-electron chi connectivity index (χ3n) is 5.40. The molecule has 2 aromatic heterocycles. The van der Waals surface area contributed by atoms with Crippen molar-refractivity contribution < 1.29 is 13.9 Å². The zero-order valence-electron chi connectivity index (χ0n) is 19.1. The number of hydrogen-bond donors (Lipinski definition) is 1. The van der Waals surface area contributed by atoms with Crippen molar-refractivity contribution in [2.24, 2.45) is 5.10 Å². The average Bonchev–Trinajstić information content (AvgIpc) is 3.09. The summed E-state index contributed by atoms with van der Waals surface area (Å²) in [4.78, 5) is 25.3. The topological polar surface area (TPSA) is 101 Å². The van der Waals surface area contributed by atoms with Crippen LogP contribution < -0.4 is 11.0 Å². The predicted octanol–water partition coefficient (Wildman–Crippen LogP) is 3.63. The van der Waals surface area contributed by atoms with E-state index in [2.05, 4.69) is 26.5 Å². The highest BCUT2D eigenvalue weighted by molar-refractivity contribution is 9.10. The molecule has 10 heteroatoms. The number of carbonyl (C=O) groups excluding carboxylic acids is 1. The van der Waals surface area contributed by atoms with Gasteiger partial charge >= 0.3 is 0 Å². The molecule has 0 atom stereocenters. The van der Waals surface area contributed by atoms with Gasteiger partial charge in [0.2, 0.25) is 0 Å². The van der Waals surface area contributed by atoms with E-state index in [4.69, 9.17) is 4.74 Å². The summed E-state index contributed by atoms with van der Waals surface area (Å²) in [5.41, 5.74) is 6.08. The van der Waals surface area contributed by atoms with Gasteiger partial charge in [0, 0.05) is 45.5 Å². The molecule has 3 aromatic rings. The van der Waals surface area contributed by atoms with E-state index in [0.717, 1.165) is 22.6 Å². The summed E-state index contributed by atoms with van der Waals surface area (Å²) in [5.74, 6) is -0.837. The molecule has 1 amide bonds. The van der Waals surface area contributed by atoms with Crippen LogP contribution in [0.4, 0.5) is 4.39 Å². The Morgan fingerprint density at radius 3 is 2.56 bits per heavy atom. The Balaban J connectivity index is 1.79. The molecule has 176 valence electrons. The molecule has 34 heavy (non-hydrogen) atoms. The summed E-state index contributed by atoms with van der Waals surface area (Å²) in [5, 5.41) is 13.5. The summed E-state index contributed by atoms with van der Waals surface area (Å²) in [6, 6.07) is 9.95. The number of ether oxygens (including phenoxy) is 1. The van der Waals surface area contributed by atoms with Crippen LogP contribution in [0.25, 0.3) is 5.69 Å². The number of halogens is 2. The van der Waals surface area contributed by atoms with E-state index in [1.54, 1.807) is 19.1 Å². The number of hydrogen-bond acceptors (Lipinski definition) is 5. The van der Waals surface area contributed by atoms with E-state index < -0.39 is 11.5 Å². The molecule has 0 fully saturated rings. The molecule has 0 bridgehead atoms. The van der Waals surface area contributed by atoms with Crippen LogP contribution in [-0.4, -0.2) is 28.4 Å². The first-order chi connectivity index (χ1) is 16.2. The van der Waals surface area contributed by atoms with Crippen LogP contribution in [-0.2, 0) is 22.7 Å². The Morgan fingerprint density at radius 2 is 1.94 bits per heavy atom. The van der Waals surface area contributed by atoms with Crippen molar-refractivity contribution in [1.82, 2.24) is 14.6 Å². The standard InChI is InChI=1S/C24H23BrFN5O3/c1-14-9-17(15(2)31(14)19-7-5-18(26)6-8-19)11-28-29-22(32)12-30-16(3)23(25)21(13-34-4)20(10-27)24(30)33/h5-9,11H,12-13H2,1-4H3,(H,29,32)/b28-11-. The molecule has 0 aliphatic rings. The van der Waals surface area contributed by atoms with Crippen LogP contribution in [0.3, 0.4) is 0 Å². The van der Waals surface area contributed by atoms with Crippen molar-refractivity contribution in [2.45, 2.75) is 33.9 Å². The number of benzene rings is 1. The molecule has 8 nitrogen and oxygen atoms in total. The molecule has 2 heterocycles. The minimum atomic E-state index is -0.572.